The average Bonchev–Trinajstić information content (AvgIpc) is 2.69. The summed E-state index contributed by atoms with van der Waals surface area (Å²) in [5, 5.41) is 6.40. The molecular weight excluding hydrogens is 395 g/mol. The number of nitrogens with zero attached hydrogens (tertiary/aromatic N) is 2. The third-order valence-corrected chi connectivity index (χ3v) is 5.11. The van der Waals surface area contributed by atoms with Crippen molar-refractivity contribution < 1.29 is 4.79 Å². The highest BCUT2D eigenvalue weighted by molar-refractivity contribution is 6.37. The second-order valence-electron chi connectivity index (χ2n) is 6.32. The lowest BCUT2D eigenvalue weighted by atomic mass is 10.0. The van der Waals surface area contributed by atoms with Gasteiger partial charge in [-0.15, -0.1) is 0 Å². The summed E-state index contributed by atoms with van der Waals surface area (Å²) in [5.41, 5.74) is 1.86. The van der Waals surface area contributed by atoms with Crippen LogP contribution >= 0.6 is 23.2 Å². The van der Waals surface area contributed by atoms with Crippen LogP contribution in [0.25, 0.3) is 27.7 Å². The molecule has 0 unspecified atom stereocenters. The van der Waals surface area contributed by atoms with Gasteiger partial charge in [0.05, 0.1) is 21.1 Å². The van der Waals surface area contributed by atoms with Gasteiger partial charge in [0, 0.05) is 16.5 Å². The van der Waals surface area contributed by atoms with E-state index in [-0.39, 0.29) is 11.3 Å². The first kappa shape index (κ1) is 18.4. The van der Waals surface area contributed by atoms with Gasteiger partial charge in [-0.25, -0.2) is 0 Å². The summed E-state index contributed by atoms with van der Waals surface area (Å²) in [6.07, 6.45) is 0. The van der Waals surface area contributed by atoms with Crippen molar-refractivity contribution in [3.05, 3.63) is 92.7 Å². The molecule has 1 aromatic heterocycles. The maximum atomic E-state index is 13.1. The standard InChI is InChI=1S/C22H14Cl2N2O2/c1-13(27)14-6-4-7-15(12-14)20-16-8-2-3-9-17(16)22(28)26(25-20)21-18(23)10-5-11-19(21)24/h2-12H,1H3. The number of halogens is 2. The number of carbonyl (C=O) groups is 1. The largest absolute Gasteiger partial charge is 0.295 e. The molecule has 4 rings (SSSR count). The van der Waals surface area contributed by atoms with Crippen molar-refractivity contribution in [2.45, 2.75) is 6.92 Å². The van der Waals surface area contributed by atoms with Crippen LogP contribution in [0.1, 0.15) is 17.3 Å². The predicted molar refractivity (Wildman–Crippen MR) is 113 cm³/mol. The summed E-state index contributed by atoms with van der Waals surface area (Å²) >= 11 is 12.6. The number of aromatic nitrogens is 2. The fourth-order valence-corrected chi connectivity index (χ4v) is 3.69. The van der Waals surface area contributed by atoms with E-state index in [4.69, 9.17) is 23.2 Å². The Hall–Kier alpha value is -2.95. The Morgan fingerprint density at radius 2 is 1.54 bits per heavy atom. The summed E-state index contributed by atoms with van der Waals surface area (Å²) in [6.45, 7) is 1.51. The minimum atomic E-state index is -0.322. The van der Waals surface area contributed by atoms with Crippen molar-refractivity contribution in [3.8, 4) is 16.9 Å². The first-order valence-corrected chi connectivity index (χ1v) is 9.31. The van der Waals surface area contributed by atoms with Crippen molar-refractivity contribution >= 4 is 39.8 Å². The number of carbonyl (C=O) groups excluding carboxylic acids is 1. The van der Waals surface area contributed by atoms with Crippen LogP contribution in [-0.4, -0.2) is 15.6 Å². The van der Waals surface area contributed by atoms with Crippen LogP contribution in [0, 0.1) is 0 Å². The van der Waals surface area contributed by atoms with E-state index in [1.807, 2.05) is 18.2 Å². The molecule has 0 aliphatic carbocycles. The summed E-state index contributed by atoms with van der Waals surface area (Å²) in [4.78, 5) is 24.9. The van der Waals surface area contributed by atoms with Crippen molar-refractivity contribution in [2.24, 2.45) is 0 Å². The molecule has 0 radical (unpaired) electrons. The zero-order valence-electron chi connectivity index (χ0n) is 14.8. The quantitative estimate of drug-likeness (QED) is 0.416. The topological polar surface area (TPSA) is 52.0 Å². The van der Waals surface area contributed by atoms with Crippen molar-refractivity contribution in [2.75, 3.05) is 0 Å². The third kappa shape index (κ3) is 3.11. The molecule has 4 nitrogen and oxygen atoms in total. The van der Waals surface area contributed by atoms with Crippen LogP contribution in [-0.2, 0) is 0 Å². The van der Waals surface area contributed by atoms with Gasteiger partial charge in [-0.1, -0.05) is 65.7 Å². The predicted octanol–water partition coefficient (Wildman–Crippen LogP) is 5.56. The number of benzene rings is 3. The van der Waals surface area contributed by atoms with Crippen LogP contribution in [0.4, 0.5) is 0 Å². The number of para-hydroxylation sites is 1. The van der Waals surface area contributed by atoms with Gasteiger partial charge in [-0.05, 0) is 31.2 Å². The maximum absolute atomic E-state index is 13.1. The highest BCUT2D eigenvalue weighted by Gasteiger charge is 2.17. The minimum absolute atomic E-state index is 0.0476. The number of fused-ring (bicyclic) bond motifs is 1. The lowest BCUT2D eigenvalue weighted by Crippen LogP contribution is -2.23. The van der Waals surface area contributed by atoms with Crippen molar-refractivity contribution in [3.63, 3.8) is 0 Å². The zero-order chi connectivity index (χ0) is 19.8. The molecule has 0 spiro atoms. The number of hydrogen-bond acceptors (Lipinski definition) is 3. The van der Waals surface area contributed by atoms with Crippen LogP contribution in [0.15, 0.2) is 71.5 Å². The monoisotopic (exact) mass is 408 g/mol. The van der Waals surface area contributed by atoms with Gasteiger partial charge in [0.25, 0.3) is 5.56 Å². The second kappa shape index (κ2) is 7.23. The molecule has 6 heteroatoms. The summed E-state index contributed by atoms with van der Waals surface area (Å²) in [7, 11) is 0. The molecule has 0 atom stereocenters. The smallest absolute Gasteiger partial charge is 0.279 e. The Morgan fingerprint density at radius 1 is 0.893 bits per heavy atom. The van der Waals surface area contributed by atoms with Crippen molar-refractivity contribution in [1.82, 2.24) is 9.78 Å². The van der Waals surface area contributed by atoms with E-state index < -0.39 is 0 Å². The van der Waals surface area contributed by atoms with Gasteiger partial charge < -0.3 is 0 Å². The normalized spacial score (nSPS) is 11.0. The van der Waals surface area contributed by atoms with Gasteiger partial charge in [-0.3, -0.25) is 9.59 Å². The van der Waals surface area contributed by atoms with Crippen LogP contribution in [0.3, 0.4) is 0 Å². The maximum Gasteiger partial charge on any atom is 0.279 e. The molecule has 0 fully saturated rings. The molecule has 0 aliphatic rings. The Bertz CT molecular complexity index is 1280. The van der Waals surface area contributed by atoms with Gasteiger partial charge in [0.2, 0.25) is 0 Å². The SMILES string of the molecule is CC(=O)c1cccc(-c2nn(-c3c(Cl)cccc3Cl)c(=O)c3ccccc23)c1. The fraction of sp³-hybridized carbons (Fsp3) is 0.0455. The first-order valence-electron chi connectivity index (χ1n) is 8.55. The molecule has 0 bridgehead atoms. The number of ketones is 1. The second-order valence-corrected chi connectivity index (χ2v) is 7.13. The van der Waals surface area contributed by atoms with Crippen LogP contribution in [0.2, 0.25) is 10.0 Å². The average molecular weight is 409 g/mol. The van der Waals surface area contributed by atoms with E-state index in [0.29, 0.717) is 37.8 Å². The summed E-state index contributed by atoms with van der Waals surface area (Å²) in [5.74, 6) is -0.0476. The van der Waals surface area contributed by atoms with Gasteiger partial charge in [0.1, 0.15) is 5.69 Å². The van der Waals surface area contributed by atoms with E-state index in [2.05, 4.69) is 5.10 Å². The number of Topliss-reactive ketones (excluding diaryl/α,β-unsaturated/α-hetero) is 1. The molecule has 0 N–H and O–H groups in total. The van der Waals surface area contributed by atoms with E-state index in [0.717, 1.165) is 5.56 Å². The van der Waals surface area contributed by atoms with Crippen LogP contribution in [0.5, 0.6) is 0 Å². The lowest BCUT2D eigenvalue weighted by molar-refractivity contribution is 0.101. The summed E-state index contributed by atoms with van der Waals surface area (Å²) < 4.78 is 1.22. The summed E-state index contributed by atoms with van der Waals surface area (Å²) in [6, 6.07) is 19.4. The molecule has 0 amide bonds. The Labute approximate surface area is 171 Å². The Kier molecular flexibility index (Phi) is 4.75. The molecule has 1 heterocycles. The van der Waals surface area contributed by atoms with Crippen molar-refractivity contribution in [1.29, 1.82) is 0 Å². The molecule has 0 saturated carbocycles. The minimum Gasteiger partial charge on any atom is -0.295 e. The van der Waals surface area contributed by atoms with Gasteiger partial charge in [0.15, 0.2) is 5.78 Å². The Morgan fingerprint density at radius 3 is 2.21 bits per heavy atom. The Balaban J connectivity index is 2.11. The van der Waals surface area contributed by atoms with Gasteiger partial charge in [-0.2, -0.15) is 9.78 Å². The molecule has 138 valence electrons. The lowest BCUT2D eigenvalue weighted by Gasteiger charge is -2.14. The molecular formula is C22H14Cl2N2O2. The zero-order valence-corrected chi connectivity index (χ0v) is 16.3. The number of rotatable bonds is 3. The first-order chi connectivity index (χ1) is 13.5. The van der Waals surface area contributed by atoms with Crippen LogP contribution < -0.4 is 5.56 Å². The third-order valence-electron chi connectivity index (χ3n) is 4.50. The highest BCUT2D eigenvalue weighted by atomic mass is 35.5. The van der Waals surface area contributed by atoms with E-state index in [1.54, 1.807) is 48.5 Å². The van der Waals surface area contributed by atoms with E-state index in [1.165, 1.54) is 11.6 Å². The van der Waals surface area contributed by atoms with Gasteiger partial charge >= 0.3 is 0 Å². The van der Waals surface area contributed by atoms with E-state index in [9.17, 15) is 9.59 Å². The molecule has 28 heavy (non-hydrogen) atoms. The molecule has 0 saturated heterocycles. The molecule has 4 aromatic rings. The fourth-order valence-electron chi connectivity index (χ4n) is 3.13. The van der Waals surface area contributed by atoms with E-state index >= 15 is 0 Å². The highest BCUT2D eigenvalue weighted by Crippen LogP contribution is 2.30. The number of hydrogen-bond donors (Lipinski definition) is 0. The molecule has 3 aromatic carbocycles. The molecule has 0 aliphatic heterocycles.